The third-order valence-electron chi connectivity index (χ3n) is 2.63. The first-order valence-corrected chi connectivity index (χ1v) is 7.24. The van der Waals surface area contributed by atoms with Crippen LogP contribution in [0.2, 0.25) is 20.1 Å². The summed E-state index contributed by atoms with van der Waals surface area (Å²) in [6.07, 6.45) is 2.47. The molecule has 6 heteroatoms. The van der Waals surface area contributed by atoms with Crippen molar-refractivity contribution in [2.45, 2.75) is 0 Å². The van der Waals surface area contributed by atoms with E-state index < -0.39 is 5.97 Å². The Labute approximate surface area is 141 Å². The van der Waals surface area contributed by atoms with Crippen LogP contribution < -0.4 is 0 Å². The minimum atomic E-state index is -1.04. The molecule has 0 heterocycles. The second-order valence-corrected chi connectivity index (χ2v) is 5.88. The first kappa shape index (κ1) is 16.2. The number of halogens is 4. The summed E-state index contributed by atoms with van der Waals surface area (Å²) in [5.41, 5.74) is 1.90. The Morgan fingerprint density at radius 2 is 1.48 bits per heavy atom. The molecule has 2 rings (SSSR count). The maximum absolute atomic E-state index is 10.6. The molecular formula is C15H8Cl4O2. The molecule has 0 radical (unpaired) electrons. The van der Waals surface area contributed by atoms with Gasteiger partial charge in [-0.25, -0.2) is 4.79 Å². The van der Waals surface area contributed by atoms with Gasteiger partial charge in [-0.1, -0.05) is 46.4 Å². The van der Waals surface area contributed by atoms with Crippen LogP contribution in [0.5, 0.6) is 0 Å². The van der Waals surface area contributed by atoms with Crippen molar-refractivity contribution >= 4 is 58.4 Å². The zero-order valence-corrected chi connectivity index (χ0v) is 13.4. The van der Waals surface area contributed by atoms with Crippen molar-refractivity contribution in [3.8, 4) is 11.1 Å². The zero-order chi connectivity index (χ0) is 15.6. The van der Waals surface area contributed by atoms with E-state index in [0.717, 1.165) is 6.08 Å². The molecule has 0 atom stereocenters. The topological polar surface area (TPSA) is 37.3 Å². The zero-order valence-electron chi connectivity index (χ0n) is 10.4. The molecule has 0 amide bonds. The van der Waals surface area contributed by atoms with Gasteiger partial charge in [0.05, 0.1) is 10.0 Å². The summed E-state index contributed by atoms with van der Waals surface area (Å²) in [7, 11) is 0. The first-order valence-electron chi connectivity index (χ1n) is 5.73. The normalized spacial score (nSPS) is 11.0. The van der Waals surface area contributed by atoms with E-state index in [2.05, 4.69) is 0 Å². The smallest absolute Gasteiger partial charge is 0.328 e. The predicted octanol–water partition coefficient (Wildman–Crippen LogP) is 6.07. The number of rotatable bonds is 3. The third-order valence-corrected chi connectivity index (χ3v) is 3.67. The summed E-state index contributed by atoms with van der Waals surface area (Å²) in [5, 5.41) is 10.3. The molecule has 0 spiro atoms. The Balaban J connectivity index is 2.57. The van der Waals surface area contributed by atoms with Crippen LogP contribution in [0.25, 0.3) is 17.2 Å². The Hall–Kier alpha value is -1.19. The van der Waals surface area contributed by atoms with Crippen molar-refractivity contribution < 1.29 is 9.90 Å². The van der Waals surface area contributed by atoms with Crippen molar-refractivity contribution in [3.63, 3.8) is 0 Å². The molecule has 0 aliphatic heterocycles. The average Bonchev–Trinajstić information content (AvgIpc) is 2.34. The maximum Gasteiger partial charge on any atom is 0.328 e. The molecule has 0 aliphatic rings. The third kappa shape index (κ3) is 4.14. The SMILES string of the molecule is O=C(O)/C=C/c1cc(Cl)cc(-c2c(Cl)cc(Cl)cc2Cl)c1. The summed E-state index contributed by atoms with van der Waals surface area (Å²) < 4.78 is 0. The van der Waals surface area contributed by atoms with Crippen LogP contribution in [0.1, 0.15) is 5.56 Å². The number of carbonyl (C=O) groups is 1. The number of benzene rings is 2. The highest BCUT2D eigenvalue weighted by Crippen LogP contribution is 2.38. The molecule has 0 aromatic heterocycles. The van der Waals surface area contributed by atoms with Gasteiger partial charge >= 0.3 is 5.97 Å². The van der Waals surface area contributed by atoms with Gasteiger partial charge in [-0.3, -0.25) is 0 Å². The molecule has 21 heavy (non-hydrogen) atoms. The van der Waals surface area contributed by atoms with E-state index in [1.807, 2.05) is 0 Å². The molecule has 0 fully saturated rings. The fraction of sp³-hybridized carbons (Fsp3) is 0. The van der Waals surface area contributed by atoms with Crippen molar-refractivity contribution in [2.24, 2.45) is 0 Å². The van der Waals surface area contributed by atoms with E-state index in [1.54, 1.807) is 30.3 Å². The van der Waals surface area contributed by atoms with Gasteiger partial charge in [0, 0.05) is 21.7 Å². The Kier molecular flexibility index (Phi) is 5.17. The predicted molar refractivity (Wildman–Crippen MR) is 88.6 cm³/mol. The van der Waals surface area contributed by atoms with Gasteiger partial charge < -0.3 is 5.11 Å². The minimum absolute atomic E-state index is 0.392. The molecule has 1 N–H and O–H groups in total. The monoisotopic (exact) mass is 360 g/mol. The molecule has 0 saturated heterocycles. The van der Waals surface area contributed by atoms with Crippen LogP contribution >= 0.6 is 46.4 Å². The van der Waals surface area contributed by atoms with Gasteiger partial charge in [-0.05, 0) is 47.5 Å². The van der Waals surface area contributed by atoms with Crippen LogP contribution in [0, 0.1) is 0 Å². The highest BCUT2D eigenvalue weighted by molar-refractivity contribution is 6.42. The van der Waals surface area contributed by atoms with Gasteiger partial charge in [0.1, 0.15) is 0 Å². The van der Waals surface area contributed by atoms with Crippen LogP contribution in [0.15, 0.2) is 36.4 Å². The molecular weight excluding hydrogens is 354 g/mol. The van der Waals surface area contributed by atoms with E-state index >= 15 is 0 Å². The van der Waals surface area contributed by atoms with Gasteiger partial charge in [0.15, 0.2) is 0 Å². The lowest BCUT2D eigenvalue weighted by Crippen LogP contribution is -1.87. The van der Waals surface area contributed by atoms with E-state index in [-0.39, 0.29) is 0 Å². The lowest BCUT2D eigenvalue weighted by atomic mass is 10.0. The van der Waals surface area contributed by atoms with E-state index in [0.29, 0.717) is 36.8 Å². The van der Waals surface area contributed by atoms with Crippen molar-refractivity contribution in [3.05, 3.63) is 62.1 Å². The number of carboxylic acid groups (broad SMARTS) is 1. The van der Waals surface area contributed by atoms with E-state index in [1.165, 1.54) is 6.08 Å². The van der Waals surface area contributed by atoms with Crippen molar-refractivity contribution in [1.82, 2.24) is 0 Å². The van der Waals surface area contributed by atoms with Crippen LogP contribution in [0.3, 0.4) is 0 Å². The summed E-state index contributed by atoms with van der Waals surface area (Å²) in [6.45, 7) is 0. The fourth-order valence-corrected chi connectivity index (χ4v) is 3.12. The van der Waals surface area contributed by atoms with Gasteiger partial charge in [0.2, 0.25) is 0 Å². The second kappa shape index (κ2) is 6.71. The van der Waals surface area contributed by atoms with Gasteiger partial charge in [-0.2, -0.15) is 0 Å². The standard InChI is InChI=1S/C15H8Cl4O2/c16-10-4-8(1-2-14(20)21)3-9(5-10)15-12(18)6-11(17)7-13(15)19/h1-7H,(H,20,21)/b2-1+. The van der Waals surface area contributed by atoms with E-state index in [9.17, 15) is 4.79 Å². The lowest BCUT2D eigenvalue weighted by molar-refractivity contribution is -0.131. The maximum atomic E-state index is 10.6. The van der Waals surface area contributed by atoms with Crippen LogP contribution in [-0.4, -0.2) is 11.1 Å². The fourth-order valence-electron chi connectivity index (χ4n) is 1.84. The average molecular weight is 362 g/mol. The quantitative estimate of drug-likeness (QED) is 0.674. The first-order chi connectivity index (χ1) is 9.86. The number of carboxylic acids is 1. The van der Waals surface area contributed by atoms with Crippen molar-refractivity contribution in [2.75, 3.05) is 0 Å². The van der Waals surface area contributed by atoms with Crippen LogP contribution in [-0.2, 0) is 4.79 Å². The molecule has 108 valence electrons. The highest BCUT2D eigenvalue weighted by Gasteiger charge is 2.11. The van der Waals surface area contributed by atoms with Gasteiger partial charge in [-0.15, -0.1) is 0 Å². The minimum Gasteiger partial charge on any atom is -0.478 e. The summed E-state index contributed by atoms with van der Waals surface area (Å²) in [6, 6.07) is 8.24. The molecule has 0 bridgehead atoms. The lowest BCUT2D eigenvalue weighted by Gasteiger charge is -2.10. The summed E-state index contributed by atoms with van der Waals surface area (Å²) >= 11 is 24.3. The molecule has 2 aromatic carbocycles. The number of hydrogen-bond acceptors (Lipinski definition) is 1. The molecule has 0 unspecified atom stereocenters. The van der Waals surface area contributed by atoms with Crippen molar-refractivity contribution in [1.29, 1.82) is 0 Å². The summed E-state index contributed by atoms with van der Waals surface area (Å²) in [5.74, 6) is -1.04. The molecule has 2 nitrogen and oxygen atoms in total. The Morgan fingerprint density at radius 1 is 0.905 bits per heavy atom. The number of hydrogen-bond donors (Lipinski definition) is 1. The Morgan fingerprint density at radius 3 is 2.05 bits per heavy atom. The molecule has 0 saturated carbocycles. The highest BCUT2D eigenvalue weighted by atomic mass is 35.5. The van der Waals surface area contributed by atoms with Gasteiger partial charge in [0.25, 0.3) is 0 Å². The summed E-state index contributed by atoms with van der Waals surface area (Å²) in [4.78, 5) is 10.6. The second-order valence-electron chi connectivity index (χ2n) is 4.19. The van der Waals surface area contributed by atoms with Crippen LogP contribution in [0.4, 0.5) is 0 Å². The number of aliphatic carboxylic acids is 1. The Bertz CT molecular complexity index is 715. The van der Waals surface area contributed by atoms with E-state index in [4.69, 9.17) is 51.5 Å². The molecule has 0 aliphatic carbocycles. The molecule has 2 aromatic rings. The largest absolute Gasteiger partial charge is 0.478 e.